The lowest BCUT2D eigenvalue weighted by Gasteiger charge is -2.36. The molecule has 0 spiro atoms. The predicted molar refractivity (Wildman–Crippen MR) is 121 cm³/mol. The molecule has 2 fully saturated rings. The van der Waals surface area contributed by atoms with Gasteiger partial charge in [0.25, 0.3) is 5.91 Å². The van der Waals surface area contributed by atoms with Crippen LogP contribution in [0.15, 0.2) is 35.0 Å². The highest BCUT2D eigenvalue weighted by molar-refractivity contribution is 5.91. The molecular formula is C24H33N5O3. The van der Waals surface area contributed by atoms with Gasteiger partial charge in [-0.3, -0.25) is 9.59 Å². The van der Waals surface area contributed by atoms with Gasteiger partial charge in [0.05, 0.1) is 5.69 Å². The third kappa shape index (κ3) is 5.29. The first kappa shape index (κ1) is 22.3. The maximum Gasteiger partial charge on any atom is 0.292 e. The zero-order chi connectivity index (χ0) is 22.5. The first-order chi connectivity index (χ1) is 15.5. The number of likely N-dealkylation sites (tertiary alicyclic amines) is 1. The van der Waals surface area contributed by atoms with Crippen LogP contribution in [0.2, 0.25) is 0 Å². The SMILES string of the molecule is CC(C)c1cc(C(=O)N2CCC[C@H](CCC(=O)N3CCN(c4ccccn4)CC3)C2)on1. The van der Waals surface area contributed by atoms with Gasteiger partial charge in [-0.2, -0.15) is 0 Å². The van der Waals surface area contributed by atoms with Gasteiger partial charge in [0, 0.05) is 58.0 Å². The highest BCUT2D eigenvalue weighted by atomic mass is 16.5. The van der Waals surface area contributed by atoms with Gasteiger partial charge in [-0.05, 0) is 43.2 Å². The molecule has 2 saturated heterocycles. The van der Waals surface area contributed by atoms with Crippen molar-refractivity contribution in [1.29, 1.82) is 0 Å². The number of amides is 2. The molecule has 2 aromatic heterocycles. The van der Waals surface area contributed by atoms with Crippen LogP contribution in [0.3, 0.4) is 0 Å². The normalized spacial score (nSPS) is 19.5. The van der Waals surface area contributed by atoms with E-state index in [-0.39, 0.29) is 17.7 Å². The Hall–Kier alpha value is -2.90. The lowest BCUT2D eigenvalue weighted by Crippen LogP contribution is -2.49. The van der Waals surface area contributed by atoms with E-state index in [1.165, 1.54) is 0 Å². The molecule has 0 unspecified atom stereocenters. The Bertz CT molecular complexity index is 905. The number of piperazine rings is 1. The maximum absolute atomic E-state index is 12.8. The minimum Gasteiger partial charge on any atom is -0.353 e. The summed E-state index contributed by atoms with van der Waals surface area (Å²) in [6.07, 6.45) is 5.17. The molecule has 1 atom stereocenters. The van der Waals surface area contributed by atoms with Crippen LogP contribution >= 0.6 is 0 Å². The summed E-state index contributed by atoms with van der Waals surface area (Å²) in [5.74, 6) is 1.98. The molecule has 2 amide bonds. The Balaban J connectivity index is 1.23. The molecule has 0 aromatic carbocycles. The molecule has 2 aromatic rings. The molecule has 2 aliphatic heterocycles. The Morgan fingerprint density at radius 2 is 1.94 bits per heavy atom. The highest BCUT2D eigenvalue weighted by Crippen LogP contribution is 2.24. The largest absolute Gasteiger partial charge is 0.353 e. The number of rotatable bonds is 6. The van der Waals surface area contributed by atoms with Crippen molar-refractivity contribution in [1.82, 2.24) is 19.9 Å². The Kier molecular flexibility index (Phi) is 7.07. The van der Waals surface area contributed by atoms with Crippen LogP contribution in [0.25, 0.3) is 0 Å². The van der Waals surface area contributed by atoms with Crippen molar-refractivity contribution < 1.29 is 14.1 Å². The molecule has 0 N–H and O–H groups in total. The number of carbonyl (C=O) groups excluding carboxylic acids is 2. The van der Waals surface area contributed by atoms with Crippen LogP contribution in [0.5, 0.6) is 0 Å². The molecule has 32 heavy (non-hydrogen) atoms. The minimum absolute atomic E-state index is 0.0916. The number of anilines is 1. The monoisotopic (exact) mass is 439 g/mol. The minimum atomic E-state index is -0.0916. The van der Waals surface area contributed by atoms with Crippen molar-refractivity contribution in [3.63, 3.8) is 0 Å². The molecular weight excluding hydrogens is 406 g/mol. The summed E-state index contributed by atoms with van der Waals surface area (Å²) >= 11 is 0. The first-order valence-electron chi connectivity index (χ1n) is 11.7. The highest BCUT2D eigenvalue weighted by Gasteiger charge is 2.28. The van der Waals surface area contributed by atoms with Crippen LogP contribution in [0.1, 0.15) is 61.7 Å². The van der Waals surface area contributed by atoms with Crippen LogP contribution < -0.4 is 4.90 Å². The Labute approximate surface area is 189 Å². The molecule has 8 heteroatoms. The third-order valence-corrected chi connectivity index (χ3v) is 6.51. The van der Waals surface area contributed by atoms with Crippen LogP contribution in [0.4, 0.5) is 5.82 Å². The summed E-state index contributed by atoms with van der Waals surface area (Å²) in [5.41, 5.74) is 0.802. The van der Waals surface area contributed by atoms with E-state index in [2.05, 4.69) is 15.0 Å². The molecule has 4 heterocycles. The third-order valence-electron chi connectivity index (χ3n) is 6.51. The summed E-state index contributed by atoms with van der Waals surface area (Å²) in [4.78, 5) is 36.0. The van der Waals surface area contributed by atoms with Gasteiger partial charge in [-0.25, -0.2) is 4.98 Å². The van der Waals surface area contributed by atoms with Crippen molar-refractivity contribution in [2.75, 3.05) is 44.2 Å². The second kappa shape index (κ2) is 10.1. The molecule has 8 nitrogen and oxygen atoms in total. The Morgan fingerprint density at radius 3 is 2.62 bits per heavy atom. The first-order valence-corrected chi connectivity index (χ1v) is 11.7. The van der Waals surface area contributed by atoms with Crippen LogP contribution in [0, 0.1) is 5.92 Å². The summed E-state index contributed by atoms with van der Waals surface area (Å²) in [5, 5.41) is 4.01. The number of hydrogen-bond donors (Lipinski definition) is 0. The van der Waals surface area contributed by atoms with Gasteiger partial charge in [-0.15, -0.1) is 0 Å². The molecule has 0 radical (unpaired) electrons. The molecule has 0 saturated carbocycles. The fraction of sp³-hybridized carbons (Fsp3) is 0.583. The standard InChI is InChI=1S/C24H33N5O3/c1-18(2)20-16-21(32-26-20)24(31)29-11-5-6-19(17-29)8-9-23(30)28-14-12-27(13-15-28)22-7-3-4-10-25-22/h3-4,7,10,16,18-19H,5-6,8-9,11-15,17H2,1-2H3/t19-/m1/s1. The number of piperidine rings is 1. The van der Waals surface area contributed by atoms with E-state index >= 15 is 0 Å². The lowest BCUT2D eigenvalue weighted by molar-refractivity contribution is -0.131. The van der Waals surface area contributed by atoms with Gasteiger partial charge in [-0.1, -0.05) is 25.1 Å². The number of nitrogens with zero attached hydrogens (tertiary/aromatic N) is 5. The molecule has 172 valence electrons. The van der Waals surface area contributed by atoms with E-state index in [1.54, 1.807) is 12.3 Å². The van der Waals surface area contributed by atoms with E-state index in [9.17, 15) is 9.59 Å². The van der Waals surface area contributed by atoms with E-state index in [0.717, 1.165) is 63.5 Å². The van der Waals surface area contributed by atoms with Gasteiger partial charge in [0.2, 0.25) is 11.7 Å². The second-order valence-corrected chi connectivity index (χ2v) is 9.12. The van der Waals surface area contributed by atoms with Crippen molar-refractivity contribution in [2.45, 2.75) is 45.4 Å². The Morgan fingerprint density at radius 1 is 1.12 bits per heavy atom. The molecule has 2 aliphatic rings. The second-order valence-electron chi connectivity index (χ2n) is 9.12. The van der Waals surface area contributed by atoms with Crippen LogP contribution in [-0.4, -0.2) is 71.0 Å². The fourth-order valence-electron chi connectivity index (χ4n) is 4.51. The van der Waals surface area contributed by atoms with E-state index in [1.807, 2.05) is 41.8 Å². The summed E-state index contributed by atoms with van der Waals surface area (Å²) < 4.78 is 5.28. The lowest BCUT2D eigenvalue weighted by atomic mass is 9.93. The fourth-order valence-corrected chi connectivity index (χ4v) is 4.51. The zero-order valence-electron chi connectivity index (χ0n) is 19.1. The average molecular weight is 440 g/mol. The quantitative estimate of drug-likeness (QED) is 0.688. The number of carbonyl (C=O) groups is 2. The average Bonchev–Trinajstić information content (AvgIpc) is 3.34. The van der Waals surface area contributed by atoms with E-state index in [0.29, 0.717) is 24.6 Å². The van der Waals surface area contributed by atoms with E-state index in [4.69, 9.17) is 4.52 Å². The summed E-state index contributed by atoms with van der Waals surface area (Å²) in [7, 11) is 0. The van der Waals surface area contributed by atoms with Gasteiger partial charge >= 0.3 is 0 Å². The van der Waals surface area contributed by atoms with Crippen LogP contribution in [-0.2, 0) is 4.79 Å². The van der Waals surface area contributed by atoms with Crippen molar-refractivity contribution in [2.24, 2.45) is 5.92 Å². The van der Waals surface area contributed by atoms with Gasteiger partial charge < -0.3 is 19.2 Å². The summed E-state index contributed by atoms with van der Waals surface area (Å²) in [6.45, 7) is 8.54. The smallest absolute Gasteiger partial charge is 0.292 e. The molecule has 0 bridgehead atoms. The topological polar surface area (TPSA) is 82.8 Å². The summed E-state index contributed by atoms with van der Waals surface area (Å²) in [6, 6.07) is 7.67. The van der Waals surface area contributed by atoms with E-state index < -0.39 is 0 Å². The molecule has 4 rings (SSSR count). The number of pyridine rings is 1. The van der Waals surface area contributed by atoms with Gasteiger partial charge in [0.15, 0.2) is 0 Å². The van der Waals surface area contributed by atoms with Crippen molar-refractivity contribution in [3.8, 4) is 0 Å². The molecule has 0 aliphatic carbocycles. The maximum atomic E-state index is 12.8. The number of hydrogen-bond acceptors (Lipinski definition) is 6. The zero-order valence-corrected chi connectivity index (χ0v) is 19.1. The van der Waals surface area contributed by atoms with Crippen molar-refractivity contribution >= 4 is 17.6 Å². The predicted octanol–water partition coefficient (Wildman–Crippen LogP) is 3.17. The van der Waals surface area contributed by atoms with Gasteiger partial charge in [0.1, 0.15) is 5.82 Å². The van der Waals surface area contributed by atoms with Crippen molar-refractivity contribution in [3.05, 3.63) is 41.9 Å². The number of aromatic nitrogens is 2.